The van der Waals surface area contributed by atoms with E-state index in [-0.39, 0.29) is 6.10 Å². The van der Waals surface area contributed by atoms with Gasteiger partial charge in [0.25, 0.3) is 0 Å². The van der Waals surface area contributed by atoms with Crippen LogP contribution in [-0.2, 0) is 9.47 Å². The quantitative estimate of drug-likeness (QED) is 0.329. The standard InChI is InChI=1S/C20H42O3/c1-7-22-15-23-10-8-9-16(2)11-17(3)12-18(4)13-19(5)14-20(6)21/h16-21H,7-15H2,1-6H3. The van der Waals surface area contributed by atoms with E-state index in [1.807, 2.05) is 13.8 Å². The summed E-state index contributed by atoms with van der Waals surface area (Å²) in [5.41, 5.74) is 0. The van der Waals surface area contributed by atoms with E-state index >= 15 is 0 Å². The smallest absolute Gasteiger partial charge is 0.146 e. The van der Waals surface area contributed by atoms with Crippen molar-refractivity contribution in [1.82, 2.24) is 0 Å². The molecule has 0 aliphatic rings. The van der Waals surface area contributed by atoms with Crippen molar-refractivity contribution in [3.63, 3.8) is 0 Å². The van der Waals surface area contributed by atoms with Gasteiger partial charge in [-0.15, -0.1) is 0 Å². The summed E-state index contributed by atoms with van der Waals surface area (Å²) >= 11 is 0. The predicted molar refractivity (Wildman–Crippen MR) is 98.5 cm³/mol. The molecule has 0 spiro atoms. The molecule has 0 aromatic heterocycles. The van der Waals surface area contributed by atoms with Gasteiger partial charge in [0.2, 0.25) is 0 Å². The fourth-order valence-corrected chi connectivity index (χ4v) is 3.78. The van der Waals surface area contributed by atoms with Crippen molar-refractivity contribution in [2.75, 3.05) is 20.0 Å². The van der Waals surface area contributed by atoms with Gasteiger partial charge < -0.3 is 14.6 Å². The van der Waals surface area contributed by atoms with E-state index in [0.29, 0.717) is 12.7 Å². The molecule has 1 N–H and O–H groups in total. The minimum atomic E-state index is -0.167. The van der Waals surface area contributed by atoms with Crippen molar-refractivity contribution in [1.29, 1.82) is 0 Å². The van der Waals surface area contributed by atoms with Crippen molar-refractivity contribution in [3.05, 3.63) is 0 Å². The molecule has 0 aliphatic carbocycles. The molecule has 0 heterocycles. The van der Waals surface area contributed by atoms with Crippen LogP contribution in [-0.4, -0.2) is 31.2 Å². The van der Waals surface area contributed by atoms with Crippen molar-refractivity contribution in [3.8, 4) is 0 Å². The Kier molecular flexibility index (Phi) is 14.2. The van der Waals surface area contributed by atoms with E-state index in [4.69, 9.17) is 9.47 Å². The third kappa shape index (κ3) is 15.2. The lowest BCUT2D eigenvalue weighted by Crippen LogP contribution is -2.13. The number of rotatable bonds is 15. The van der Waals surface area contributed by atoms with Crippen LogP contribution in [0.4, 0.5) is 0 Å². The Hall–Kier alpha value is -0.120. The van der Waals surface area contributed by atoms with Gasteiger partial charge in [-0.3, -0.25) is 0 Å². The van der Waals surface area contributed by atoms with Crippen LogP contribution >= 0.6 is 0 Å². The van der Waals surface area contributed by atoms with Gasteiger partial charge in [0, 0.05) is 13.2 Å². The topological polar surface area (TPSA) is 38.7 Å². The zero-order valence-corrected chi connectivity index (χ0v) is 16.5. The summed E-state index contributed by atoms with van der Waals surface area (Å²) in [6, 6.07) is 0. The highest BCUT2D eigenvalue weighted by Gasteiger charge is 2.15. The number of aliphatic hydroxyl groups is 1. The highest BCUT2D eigenvalue weighted by molar-refractivity contribution is 4.67. The number of hydrogen-bond donors (Lipinski definition) is 1. The molecule has 0 saturated heterocycles. The summed E-state index contributed by atoms with van der Waals surface area (Å²) in [5, 5.41) is 9.47. The van der Waals surface area contributed by atoms with Gasteiger partial charge in [-0.05, 0) is 76.0 Å². The Balaban J connectivity index is 3.71. The Bertz CT molecular complexity index is 255. The molecule has 0 aliphatic heterocycles. The SMILES string of the molecule is CCOCOCCCC(C)CC(C)CC(C)CC(C)CC(C)O. The minimum absolute atomic E-state index is 0.167. The first-order valence-corrected chi connectivity index (χ1v) is 9.68. The Morgan fingerprint density at radius 1 is 0.739 bits per heavy atom. The summed E-state index contributed by atoms with van der Waals surface area (Å²) in [7, 11) is 0. The second-order valence-electron chi connectivity index (χ2n) is 7.87. The molecule has 0 aromatic carbocycles. The van der Waals surface area contributed by atoms with Crippen LogP contribution in [0.15, 0.2) is 0 Å². The highest BCUT2D eigenvalue weighted by atomic mass is 16.7. The lowest BCUT2D eigenvalue weighted by Gasteiger charge is -2.23. The van der Waals surface area contributed by atoms with E-state index in [2.05, 4.69) is 27.7 Å². The lowest BCUT2D eigenvalue weighted by molar-refractivity contribution is -0.0508. The molecule has 0 aromatic rings. The molecule has 3 nitrogen and oxygen atoms in total. The van der Waals surface area contributed by atoms with Gasteiger partial charge in [-0.25, -0.2) is 0 Å². The molecule has 0 saturated carbocycles. The Morgan fingerprint density at radius 2 is 1.26 bits per heavy atom. The van der Waals surface area contributed by atoms with Crippen LogP contribution in [0.5, 0.6) is 0 Å². The van der Waals surface area contributed by atoms with Crippen LogP contribution in [0.1, 0.15) is 80.1 Å². The van der Waals surface area contributed by atoms with Gasteiger partial charge in [0.1, 0.15) is 6.79 Å². The maximum Gasteiger partial charge on any atom is 0.146 e. The van der Waals surface area contributed by atoms with E-state index in [1.165, 1.54) is 25.7 Å². The molecule has 5 atom stereocenters. The van der Waals surface area contributed by atoms with Crippen LogP contribution in [0.2, 0.25) is 0 Å². The summed E-state index contributed by atoms with van der Waals surface area (Å²) in [6.45, 7) is 15.2. The van der Waals surface area contributed by atoms with Crippen LogP contribution in [0.25, 0.3) is 0 Å². The zero-order chi connectivity index (χ0) is 17.7. The van der Waals surface area contributed by atoms with Gasteiger partial charge in [0.05, 0.1) is 6.10 Å². The van der Waals surface area contributed by atoms with Crippen molar-refractivity contribution in [2.45, 2.75) is 86.2 Å². The third-order valence-corrected chi connectivity index (χ3v) is 4.51. The lowest BCUT2D eigenvalue weighted by atomic mass is 9.83. The largest absolute Gasteiger partial charge is 0.393 e. The fourth-order valence-electron chi connectivity index (χ4n) is 3.78. The number of hydrogen-bond acceptors (Lipinski definition) is 3. The number of aliphatic hydroxyl groups excluding tert-OH is 1. The summed E-state index contributed by atoms with van der Waals surface area (Å²) in [6.07, 6.45) is 6.96. The first-order valence-electron chi connectivity index (χ1n) is 9.68. The third-order valence-electron chi connectivity index (χ3n) is 4.51. The maximum absolute atomic E-state index is 9.47. The van der Waals surface area contributed by atoms with Gasteiger partial charge >= 0.3 is 0 Å². The average molecular weight is 331 g/mol. The molecular weight excluding hydrogens is 288 g/mol. The van der Waals surface area contributed by atoms with Crippen molar-refractivity contribution >= 4 is 0 Å². The van der Waals surface area contributed by atoms with Crippen molar-refractivity contribution < 1.29 is 14.6 Å². The molecule has 0 amide bonds. The van der Waals surface area contributed by atoms with Crippen LogP contribution in [0.3, 0.4) is 0 Å². The molecule has 0 radical (unpaired) electrons. The van der Waals surface area contributed by atoms with Gasteiger partial charge in [-0.1, -0.05) is 27.7 Å². The van der Waals surface area contributed by atoms with Crippen molar-refractivity contribution in [2.24, 2.45) is 23.7 Å². The molecule has 140 valence electrons. The monoisotopic (exact) mass is 330 g/mol. The van der Waals surface area contributed by atoms with E-state index in [9.17, 15) is 5.11 Å². The Labute approximate surface area is 145 Å². The normalized spacial score (nSPS) is 18.4. The summed E-state index contributed by atoms with van der Waals surface area (Å²) in [5.74, 6) is 2.92. The zero-order valence-electron chi connectivity index (χ0n) is 16.5. The molecule has 0 bridgehead atoms. The fraction of sp³-hybridized carbons (Fsp3) is 1.00. The van der Waals surface area contributed by atoms with Crippen LogP contribution < -0.4 is 0 Å². The van der Waals surface area contributed by atoms with Gasteiger partial charge in [0.15, 0.2) is 0 Å². The second-order valence-corrected chi connectivity index (χ2v) is 7.87. The van der Waals surface area contributed by atoms with E-state index < -0.39 is 0 Å². The summed E-state index contributed by atoms with van der Waals surface area (Å²) in [4.78, 5) is 0. The maximum atomic E-state index is 9.47. The molecule has 3 heteroatoms. The molecule has 23 heavy (non-hydrogen) atoms. The summed E-state index contributed by atoms with van der Waals surface area (Å²) < 4.78 is 10.6. The average Bonchev–Trinajstić information content (AvgIpc) is 2.40. The molecular formula is C20H42O3. The highest BCUT2D eigenvalue weighted by Crippen LogP contribution is 2.27. The second kappa shape index (κ2) is 14.2. The first-order chi connectivity index (χ1) is 10.8. The first kappa shape index (κ1) is 22.9. The molecule has 0 fully saturated rings. The minimum Gasteiger partial charge on any atom is -0.393 e. The van der Waals surface area contributed by atoms with E-state index in [0.717, 1.165) is 43.8 Å². The van der Waals surface area contributed by atoms with E-state index in [1.54, 1.807) is 0 Å². The van der Waals surface area contributed by atoms with Crippen LogP contribution in [0, 0.1) is 23.7 Å². The molecule has 5 unspecified atom stereocenters. The predicted octanol–water partition coefficient (Wildman–Crippen LogP) is 5.26. The molecule has 0 rings (SSSR count). The number of ether oxygens (including phenoxy) is 2. The Morgan fingerprint density at radius 3 is 1.78 bits per heavy atom. The van der Waals surface area contributed by atoms with Gasteiger partial charge in [-0.2, -0.15) is 0 Å².